The molecular formula is C26H28N4OS. The van der Waals surface area contributed by atoms with Crippen molar-refractivity contribution < 1.29 is 4.79 Å². The van der Waals surface area contributed by atoms with E-state index >= 15 is 0 Å². The van der Waals surface area contributed by atoms with E-state index in [4.69, 9.17) is 0 Å². The van der Waals surface area contributed by atoms with Crippen LogP contribution in [0.15, 0.2) is 84.0 Å². The van der Waals surface area contributed by atoms with Crippen LogP contribution in [0, 0.1) is 6.92 Å². The zero-order chi connectivity index (χ0) is 22.5. The van der Waals surface area contributed by atoms with E-state index in [9.17, 15) is 4.79 Å². The summed E-state index contributed by atoms with van der Waals surface area (Å²) >= 11 is 1.72. The zero-order valence-corrected chi connectivity index (χ0v) is 19.5. The van der Waals surface area contributed by atoms with Gasteiger partial charge in [-0.05, 0) is 63.0 Å². The lowest BCUT2D eigenvalue weighted by Gasteiger charge is -2.25. The molecule has 4 rings (SSSR count). The Kier molecular flexibility index (Phi) is 6.93. The number of thioether (sulfide) groups is 1. The molecule has 1 N–H and O–H groups in total. The van der Waals surface area contributed by atoms with Crippen LogP contribution in [-0.2, 0) is 5.75 Å². The molecule has 0 aliphatic carbocycles. The number of aromatic nitrogens is 2. The minimum atomic E-state index is -0.0548. The van der Waals surface area contributed by atoms with Crippen molar-refractivity contribution in [3.63, 3.8) is 0 Å². The predicted octanol–water partition coefficient (Wildman–Crippen LogP) is 4.97. The maximum Gasteiger partial charge on any atom is 0.251 e. The van der Waals surface area contributed by atoms with Crippen molar-refractivity contribution in [2.24, 2.45) is 0 Å². The van der Waals surface area contributed by atoms with E-state index in [1.54, 1.807) is 11.8 Å². The number of likely N-dealkylation sites (N-methyl/N-ethyl adjacent to an activating group) is 1. The Morgan fingerprint density at radius 1 is 1.06 bits per heavy atom. The molecule has 0 bridgehead atoms. The first-order valence-corrected chi connectivity index (χ1v) is 11.6. The van der Waals surface area contributed by atoms with Crippen molar-refractivity contribution in [2.75, 3.05) is 20.6 Å². The summed E-state index contributed by atoms with van der Waals surface area (Å²) in [7, 11) is 4.07. The number of hydrogen-bond acceptors (Lipinski definition) is 4. The van der Waals surface area contributed by atoms with Crippen molar-refractivity contribution in [1.29, 1.82) is 0 Å². The summed E-state index contributed by atoms with van der Waals surface area (Å²) in [5, 5.41) is 3.09. The van der Waals surface area contributed by atoms with Gasteiger partial charge in [-0.25, -0.2) is 4.98 Å². The highest BCUT2D eigenvalue weighted by molar-refractivity contribution is 7.98. The van der Waals surface area contributed by atoms with Crippen molar-refractivity contribution in [3.8, 4) is 0 Å². The Labute approximate surface area is 193 Å². The number of benzene rings is 2. The average molecular weight is 445 g/mol. The molecule has 0 fully saturated rings. The number of nitrogens with zero attached hydrogens (tertiary/aromatic N) is 3. The lowest BCUT2D eigenvalue weighted by Crippen LogP contribution is -2.34. The van der Waals surface area contributed by atoms with Crippen LogP contribution >= 0.6 is 11.8 Å². The molecule has 164 valence electrons. The predicted molar refractivity (Wildman–Crippen MR) is 131 cm³/mol. The minimum absolute atomic E-state index is 0.0548. The molecule has 1 amide bonds. The molecule has 6 heteroatoms. The van der Waals surface area contributed by atoms with Crippen LogP contribution in [-0.4, -0.2) is 40.8 Å². The SMILES string of the molecule is Cc1ccc(C(CNC(=O)c2ccc(SCc3cn4ccccc4n3)cc2)N(C)C)cc1. The molecule has 1 atom stereocenters. The number of nitrogens with one attached hydrogen (secondary N) is 1. The second-order valence-corrected chi connectivity index (χ2v) is 9.16. The van der Waals surface area contributed by atoms with Gasteiger partial charge in [0, 0.05) is 35.2 Å². The van der Waals surface area contributed by atoms with E-state index < -0.39 is 0 Å². The molecule has 2 heterocycles. The van der Waals surface area contributed by atoms with Crippen molar-refractivity contribution in [3.05, 3.63) is 102 Å². The normalized spacial score (nSPS) is 12.2. The van der Waals surface area contributed by atoms with Gasteiger partial charge in [-0.1, -0.05) is 35.9 Å². The lowest BCUT2D eigenvalue weighted by molar-refractivity contribution is 0.0942. The maximum atomic E-state index is 12.7. The number of aryl methyl sites for hydroxylation is 1. The highest BCUT2D eigenvalue weighted by Crippen LogP contribution is 2.23. The molecule has 32 heavy (non-hydrogen) atoms. The number of fused-ring (bicyclic) bond motifs is 1. The molecule has 0 aliphatic heterocycles. The van der Waals surface area contributed by atoms with Crippen molar-refractivity contribution in [2.45, 2.75) is 23.6 Å². The molecule has 4 aromatic rings. The van der Waals surface area contributed by atoms with Gasteiger partial charge in [-0.15, -0.1) is 11.8 Å². The van der Waals surface area contributed by atoms with Crippen molar-refractivity contribution >= 4 is 23.3 Å². The molecule has 0 radical (unpaired) electrons. The fourth-order valence-corrected chi connectivity index (χ4v) is 4.38. The van der Waals surface area contributed by atoms with Crippen LogP contribution in [0.5, 0.6) is 0 Å². The number of imidazole rings is 1. The van der Waals surface area contributed by atoms with E-state index in [1.165, 1.54) is 11.1 Å². The summed E-state index contributed by atoms with van der Waals surface area (Å²) in [6.07, 6.45) is 4.06. The molecule has 0 spiro atoms. The van der Waals surface area contributed by atoms with Gasteiger partial charge in [0.1, 0.15) is 5.65 Å². The third kappa shape index (κ3) is 5.39. The number of carbonyl (C=O) groups is 1. The summed E-state index contributed by atoms with van der Waals surface area (Å²) in [4.78, 5) is 20.6. The van der Waals surface area contributed by atoms with Crippen LogP contribution in [0.1, 0.15) is 33.2 Å². The first-order chi connectivity index (χ1) is 15.5. The molecule has 0 aliphatic rings. The van der Waals surface area contributed by atoms with Gasteiger partial charge in [-0.2, -0.15) is 0 Å². The van der Waals surface area contributed by atoms with Gasteiger partial charge < -0.3 is 14.6 Å². The topological polar surface area (TPSA) is 49.6 Å². The third-order valence-corrected chi connectivity index (χ3v) is 6.50. The lowest BCUT2D eigenvalue weighted by atomic mass is 10.0. The van der Waals surface area contributed by atoms with Gasteiger partial charge in [-0.3, -0.25) is 4.79 Å². The van der Waals surface area contributed by atoms with Crippen LogP contribution in [0.3, 0.4) is 0 Å². The quantitative estimate of drug-likeness (QED) is 0.390. The maximum absolute atomic E-state index is 12.7. The van der Waals surface area contributed by atoms with Gasteiger partial charge in [0.05, 0.1) is 11.7 Å². The Hall–Kier alpha value is -3.09. The van der Waals surface area contributed by atoms with E-state index in [2.05, 4.69) is 52.6 Å². The molecule has 2 aromatic carbocycles. The van der Waals surface area contributed by atoms with Gasteiger partial charge >= 0.3 is 0 Å². The van der Waals surface area contributed by atoms with Crippen LogP contribution in [0.4, 0.5) is 0 Å². The summed E-state index contributed by atoms with van der Waals surface area (Å²) < 4.78 is 2.03. The highest BCUT2D eigenvalue weighted by atomic mass is 32.2. The Morgan fingerprint density at radius 2 is 1.81 bits per heavy atom. The first-order valence-electron chi connectivity index (χ1n) is 10.7. The van der Waals surface area contributed by atoms with E-state index in [0.717, 1.165) is 22.0 Å². The summed E-state index contributed by atoms with van der Waals surface area (Å²) in [6, 6.07) is 22.4. The standard InChI is InChI=1S/C26H28N4OS/c1-19-7-9-20(10-8-19)24(29(2)3)16-27-26(31)21-11-13-23(14-12-21)32-18-22-17-30-15-5-4-6-25(30)28-22/h4-15,17,24H,16,18H2,1-3H3,(H,27,31). The van der Waals surface area contributed by atoms with E-state index in [-0.39, 0.29) is 11.9 Å². The minimum Gasteiger partial charge on any atom is -0.350 e. The monoisotopic (exact) mass is 444 g/mol. The number of rotatable bonds is 8. The van der Waals surface area contributed by atoms with Crippen LogP contribution in [0.2, 0.25) is 0 Å². The second-order valence-electron chi connectivity index (χ2n) is 8.11. The Morgan fingerprint density at radius 3 is 2.50 bits per heavy atom. The third-order valence-electron chi connectivity index (χ3n) is 5.46. The second kappa shape index (κ2) is 10.0. The smallest absolute Gasteiger partial charge is 0.251 e. The molecule has 0 saturated heterocycles. The number of pyridine rings is 1. The van der Waals surface area contributed by atoms with Crippen molar-refractivity contribution in [1.82, 2.24) is 19.6 Å². The summed E-state index contributed by atoms with van der Waals surface area (Å²) in [6.45, 7) is 2.63. The number of amides is 1. The van der Waals surface area contributed by atoms with Gasteiger partial charge in [0.25, 0.3) is 5.91 Å². The van der Waals surface area contributed by atoms with Crippen LogP contribution < -0.4 is 5.32 Å². The first kappa shape index (κ1) is 22.1. The van der Waals surface area contributed by atoms with E-state index in [0.29, 0.717) is 12.1 Å². The zero-order valence-electron chi connectivity index (χ0n) is 18.7. The fourth-order valence-electron chi connectivity index (χ4n) is 3.60. The number of hydrogen-bond donors (Lipinski definition) is 1. The molecule has 0 saturated carbocycles. The van der Waals surface area contributed by atoms with E-state index in [1.807, 2.05) is 67.2 Å². The summed E-state index contributed by atoms with van der Waals surface area (Å²) in [5.74, 6) is 0.731. The number of carbonyl (C=O) groups excluding carboxylic acids is 1. The Bertz CT molecular complexity index is 1150. The fraction of sp³-hybridized carbons (Fsp3) is 0.231. The molecule has 5 nitrogen and oxygen atoms in total. The molecular weight excluding hydrogens is 416 g/mol. The van der Waals surface area contributed by atoms with Gasteiger partial charge in [0.2, 0.25) is 0 Å². The molecule has 2 aromatic heterocycles. The average Bonchev–Trinajstić information content (AvgIpc) is 3.22. The van der Waals surface area contributed by atoms with Gasteiger partial charge in [0.15, 0.2) is 0 Å². The largest absolute Gasteiger partial charge is 0.350 e. The van der Waals surface area contributed by atoms with Crippen LogP contribution in [0.25, 0.3) is 5.65 Å². The highest BCUT2D eigenvalue weighted by Gasteiger charge is 2.16. The summed E-state index contributed by atoms with van der Waals surface area (Å²) in [5.41, 5.74) is 5.09. The Balaban J connectivity index is 1.33. The molecule has 1 unspecified atom stereocenters.